The number of aromatic nitrogens is 4. The molecule has 2 heterocycles. The summed E-state index contributed by atoms with van der Waals surface area (Å²) in [4.78, 5) is 10.6. The second-order valence-electron chi connectivity index (χ2n) is 6.57. The molecule has 0 aliphatic carbocycles. The van der Waals surface area contributed by atoms with Crippen molar-refractivity contribution in [3.8, 4) is 22.5 Å². The Balaban J connectivity index is 1.85. The molecule has 4 aromatic rings. The van der Waals surface area contributed by atoms with E-state index in [1.165, 1.54) is 10.7 Å². The van der Waals surface area contributed by atoms with Gasteiger partial charge in [0, 0.05) is 20.1 Å². The predicted octanol–water partition coefficient (Wildman–Crippen LogP) is 6.31. The molecule has 0 fully saturated rings. The van der Waals surface area contributed by atoms with Crippen LogP contribution in [0.2, 0.25) is 5.02 Å². The van der Waals surface area contributed by atoms with Crippen LogP contribution in [0, 0.1) is 17.0 Å². The summed E-state index contributed by atoms with van der Waals surface area (Å²) in [6.07, 6.45) is 0. The average molecular weight is 552 g/mol. The van der Waals surface area contributed by atoms with E-state index < -0.39 is 4.92 Å². The van der Waals surface area contributed by atoms with Crippen molar-refractivity contribution in [1.82, 2.24) is 19.6 Å². The molecule has 0 spiro atoms. The lowest BCUT2D eigenvalue weighted by Crippen LogP contribution is -2.13. The molecule has 0 amide bonds. The van der Waals surface area contributed by atoms with E-state index >= 15 is 0 Å². The topological polar surface area (TPSA) is 78.8 Å². The van der Waals surface area contributed by atoms with Crippen LogP contribution in [0.25, 0.3) is 22.5 Å². The molecule has 0 saturated heterocycles. The normalized spacial score (nSPS) is 11.1. The van der Waals surface area contributed by atoms with Gasteiger partial charge in [-0.1, -0.05) is 67.7 Å². The largest absolute Gasteiger partial charge is 0.390 e. The summed E-state index contributed by atoms with van der Waals surface area (Å²) in [5, 5.41) is 20.4. The maximum Gasteiger partial charge on any atom is 0.390 e. The van der Waals surface area contributed by atoms with Crippen LogP contribution in [0.5, 0.6) is 0 Å². The molecule has 0 unspecified atom stereocenters. The van der Waals surface area contributed by atoms with E-state index in [0.717, 1.165) is 20.1 Å². The summed E-state index contributed by atoms with van der Waals surface area (Å²) in [5.41, 5.74) is 3.73. The SMILES string of the molecule is Cc1cc([N+](=O)[O-])nn1Cn1nc(-c2ccc(Br)cc2)c(Cl)c1-c1ccc(Br)cc1. The maximum absolute atomic E-state index is 11.1. The van der Waals surface area contributed by atoms with Gasteiger partial charge < -0.3 is 10.1 Å². The van der Waals surface area contributed by atoms with E-state index in [9.17, 15) is 10.1 Å². The summed E-state index contributed by atoms with van der Waals surface area (Å²) >= 11 is 13.7. The van der Waals surface area contributed by atoms with E-state index in [0.29, 0.717) is 22.1 Å². The highest BCUT2D eigenvalue weighted by Gasteiger charge is 2.22. The second-order valence-corrected chi connectivity index (χ2v) is 8.78. The second kappa shape index (κ2) is 8.33. The zero-order chi connectivity index (χ0) is 21.4. The monoisotopic (exact) mass is 549 g/mol. The molecular formula is C20H14Br2ClN5O2. The molecule has 7 nitrogen and oxygen atoms in total. The van der Waals surface area contributed by atoms with Gasteiger partial charge in [-0.3, -0.25) is 0 Å². The van der Waals surface area contributed by atoms with E-state index in [4.69, 9.17) is 16.7 Å². The zero-order valence-corrected chi connectivity index (χ0v) is 19.5. The first-order chi connectivity index (χ1) is 14.3. The van der Waals surface area contributed by atoms with E-state index in [2.05, 4.69) is 37.0 Å². The molecule has 30 heavy (non-hydrogen) atoms. The molecule has 152 valence electrons. The summed E-state index contributed by atoms with van der Waals surface area (Å²) in [7, 11) is 0. The molecule has 0 N–H and O–H groups in total. The Morgan fingerprint density at radius 1 is 0.967 bits per heavy atom. The Labute approximate surface area is 193 Å². The summed E-state index contributed by atoms with van der Waals surface area (Å²) in [5.74, 6) is -0.205. The van der Waals surface area contributed by atoms with Crippen LogP contribution >= 0.6 is 43.5 Å². The molecule has 4 rings (SSSR count). The van der Waals surface area contributed by atoms with Gasteiger partial charge in [0.05, 0.1) is 27.6 Å². The lowest BCUT2D eigenvalue weighted by atomic mass is 10.1. The number of hydrogen-bond acceptors (Lipinski definition) is 4. The van der Waals surface area contributed by atoms with Crippen LogP contribution in [0.3, 0.4) is 0 Å². The molecular weight excluding hydrogens is 538 g/mol. The van der Waals surface area contributed by atoms with Crippen LogP contribution in [0.15, 0.2) is 63.5 Å². The minimum Gasteiger partial charge on any atom is -0.358 e. The number of benzene rings is 2. The number of hydrogen-bond donors (Lipinski definition) is 0. The molecule has 10 heteroatoms. The lowest BCUT2D eigenvalue weighted by Gasteiger charge is -2.08. The van der Waals surface area contributed by atoms with Crippen molar-refractivity contribution in [2.24, 2.45) is 0 Å². The third-order valence-electron chi connectivity index (χ3n) is 4.55. The zero-order valence-electron chi connectivity index (χ0n) is 15.6. The van der Waals surface area contributed by atoms with Crippen molar-refractivity contribution >= 4 is 49.3 Å². The van der Waals surface area contributed by atoms with Crippen LogP contribution in [0.1, 0.15) is 5.69 Å². The summed E-state index contributed by atoms with van der Waals surface area (Å²) in [6.45, 7) is 1.95. The third kappa shape index (κ3) is 4.05. The Hall–Kier alpha value is -2.49. The predicted molar refractivity (Wildman–Crippen MR) is 123 cm³/mol. The van der Waals surface area contributed by atoms with Crippen molar-refractivity contribution < 1.29 is 4.92 Å². The van der Waals surface area contributed by atoms with Crippen LogP contribution < -0.4 is 0 Å². The lowest BCUT2D eigenvalue weighted by molar-refractivity contribution is -0.389. The van der Waals surface area contributed by atoms with E-state index in [1.807, 2.05) is 48.5 Å². The first-order valence-electron chi connectivity index (χ1n) is 8.80. The van der Waals surface area contributed by atoms with Gasteiger partial charge in [-0.2, -0.15) is 9.78 Å². The molecule has 0 aliphatic heterocycles. The van der Waals surface area contributed by atoms with Gasteiger partial charge in [0.2, 0.25) is 0 Å². The molecule has 0 radical (unpaired) electrons. The smallest absolute Gasteiger partial charge is 0.358 e. The van der Waals surface area contributed by atoms with Gasteiger partial charge >= 0.3 is 5.82 Å². The first-order valence-corrected chi connectivity index (χ1v) is 10.8. The quantitative estimate of drug-likeness (QED) is 0.215. The highest BCUT2D eigenvalue weighted by Crippen LogP contribution is 2.37. The standard InChI is InChI=1S/C20H14Br2ClN5O2/c1-12-10-17(28(29)30)24-26(12)11-27-20(14-4-8-16(22)9-5-14)18(23)19(25-27)13-2-6-15(21)7-3-13/h2-10H,11H2,1H3. The highest BCUT2D eigenvalue weighted by atomic mass is 79.9. The number of halogens is 3. The van der Waals surface area contributed by atoms with Gasteiger partial charge in [0.15, 0.2) is 6.67 Å². The minimum absolute atomic E-state index is 0.182. The molecule has 2 aromatic heterocycles. The molecule has 0 bridgehead atoms. The Morgan fingerprint density at radius 3 is 2.07 bits per heavy atom. The Morgan fingerprint density at radius 2 is 1.53 bits per heavy atom. The van der Waals surface area contributed by atoms with Gasteiger partial charge in [-0.15, -0.1) is 0 Å². The van der Waals surface area contributed by atoms with Crippen molar-refractivity contribution in [3.05, 3.63) is 84.4 Å². The number of nitro groups is 1. The fourth-order valence-electron chi connectivity index (χ4n) is 3.07. The fourth-order valence-corrected chi connectivity index (χ4v) is 3.95. The molecule has 0 atom stereocenters. The minimum atomic E-state index is -0.511. The van der Waals surface area contributed by atoms with Crippen molar-refractivity contribution in [3.63, 3.8) is 0 Å². The molecule has 0 saturated carbocycles. The van der Waals surface area contributed by atoms with Crippen molar-refractivity contribution in [1.29, 1.82) is 0 Å². The first kappa shape index (κ1) is 20.8. The third-order valence-corrected chi connectivity index (χ3v) is 5.97. The highest BCUT2D eigenvalue weighted by molar-refractivity contribution is 9.10. The number of nitrogens with zero attached hydrogens (tertiary/aromatic N) is 5. The maximum atomic E-state index is 11.1. The van der Waals surface area contributed by atoms with Gasteiger partial charge in [0.25, 0.3) is 0 Å². The van der Waals surface area contributed by atoms with E-state index in [-0.39, 0.29) is 12.5 Å². The number of rotatable bonds is 5. The van der Waals surface area contributed by atoms with Gasteiger partial charge in [-0.25, -0.2) is 4.68 Å². The van der Waals surface area contributed by atoms with Gasteiger partial charge in [0.1, 0.15) is 5.69 Å². The number of aryl methyl sites for hydroxylation is 1. The Bertz CT molecular complexity index is 1230. The molecule has 0 aliphatic rings. The Kier molecular flexibility index (Phi) is 5.77. The molecule has 2 aromatic carbocycles. The summed E-state index contributed by atoms with van der Waals surface area (Å²) in [6, 6.07) is 16.9. The summed E-state index contributed by atoms with van der Waals surface area (Å²) < 4.78 is 5.15. The van der Waals surface area contributed by atoms with Gasteiger partial charge in [-0.05, 0) is 36.1 Å². The fraction of sp³-hybridized carbons (Fsp3) is 0.100. The van der Waals surface area contributed by atoms with Crippen LogP contribution in [-0.4, -0.2) is 24.5 Å². The van der Waals surface area contributed by atoms with Crippen LogP contribution in [-0.2, 0) is 6.67 Å². The van der Waals surface area contributed by atoms with Crippen molar-refractivity contribution in [2.45, 2.75) is 13.6 Å². The average Bonchev–Trinajstić information content (AvgIpc) is 3.24. The van der Waals surface area contributed by atoms with Crippen LogP contribution in [0.4, 0.5) is 5.82 Å². The van der Waals surface area contributed by atoms with E-state index in [1.54, 1.807) is 11.6 Å². The van der Waals surface area contributed by atoms with Crippen molar-refractivity contribution in [2.75, 3.05) is 0 Å².